The summed E-state index contributed by atoms with van der Waals surface area (Å²) in [6, 6.07) is 2.90. The van der Waals surface area contributed by atoms with Crippen molar-refractivity contribution >= 4 is 5.69 Å². The van der Waals surface area contributed by atoms with Gasteiger partial charge in [0.1, 0.15) is 17.3 Å². The summed E-state index contributed by atoms with van der Waals surface area (Å²) in [6.45, 7) is 6.01. The third kappa shape index (κ3) is 3.92. The van der Waals surface area contributed by atoms with Crippen LogP contribution in [-0.4, -0.2) is 19.1 Å². The highest BCUT2D eigenvalue weighted by Crippen LogP contribution is 2.27. The average molecular weight is 284 g/mol. The van der Waals surface area contributed by atoms with Crippen LogP contribution < -0.4 is 10.6 Å². The molecule has 1 aromatic rings. The zero-order valence-corrected chi connectivity index (χ0v) is 12.9. The molecule has 0 aliphatic carbocycles. The van der Waals surface area contributed by atoms with Gasteiger partial charge in [0.25, 0.3) is 0 Å². The van der Waals surface area contributed by atoms with Crippen molar-refractivity contribution in [3.05, 3.63) is 29.3 Å². The number of hydrogen-bond donors (Lipinski definition) is 1. The Balaban J connectivity index is 3.05. The first kappa shape index (κ1) is 16.9. The minimum atomic E-state index is -0.502. The molecule has 1 atom stereocenters. The van der Waals surface area contributed by atoms with Crippen LogP contribution in [0.15, 0.2) is 12.1 Å². The number of benzene rings is 1. The van der Waals surface area contributed by atoms with Crippen LogP contribution in [-0.2, 0) is 6.42 Å². The molecule has 20 heavy (non-hydrogen) atoms. The Morgan fingerprint density at radius 3 is 1.95 bits per heavy atom. The second-order valence-electron chi connectivity index (χ2n) is 5.36. The van der Waals surface area contributed by atoms with Crippen molar-refractivity contribution in [2.24, 2.45) is 5.73 Å². The molecule has 2 N–H and O–H groups in total. The average Bonchev–Trinajstić information content (AvgIpc) is 2.39. The molecular weight excluding hydrogens is 258 g/mol. The lowest BCUT2D eigenvalue weighted by Crippen LogP contribution is -2.32. The van der Waals surface area contributed by atoms with Gasteiger partial charge >= 0.3 is 0 Å². The monoisotopic (exact) mass is 284 g/mol. The first-order chi connectivity index (χ1) is 9.44. The van der Waals surface area contributed by atoms with Gasteiger partial charge < -0.3 is 10.6 Å². The van der Waals surface area contributed by atoms with Crippen LogP contribution in [0.4, 0.5) is 14.5 Å². The highest BCUT2D eigenvalue weighted by Gasteiger charge is 2.20. The lowest BCUT2D eigenvalue weighted by molar-refractivity contribution is 0.532. The molecule has 2 nitrogen and oxygen atoms in total. The summed E-state index contributed by atoms with van der Waals surface area (Å²) in [4.78, 5) is 1.70. The van der Waals surface area contributed by atoms with Gasteiger partial charge in [0.05, 0.1) is 0 Å². The molecule has 0 spiro atoms. The van der Waals surface area contributed by atoms with E-state index in [1.165, 1.54) is 12.1 Å². The maximum Gasteiger partial charge on any atom is 0.149 e. The number of nitrogens with two attached hydrogens (primary N) is 1. The largest absolute Gasteiger partial charge is 0.367 e. The van der Waals surface area contributed by atoms with E-state index in [-0.39, 0.29) is 17.8 Å². The second-order valence-corrected chi connectivity index (χ2v) is 5.36. The fourth-order valence-corrected chi connectivity index (χ4v) is 2.54. The maximum absolute atomic E-state index is 14.2. The summed E-state index contributed by atoms with van der Waals surface area (Å²) >= 11 is 0. The molecule has 0 heterocycles. The molecule has 0 fully saturated rings. The summed E-state index contributed by atoms with van der Waals surface area (Å²) in [5.41, 5.74) is 6.52. The smallest absolute Gasteiger partial charge is 0.149 e. The van der Waals surface area contributed by atoms with Crippen molar-refractivity contribution in [1.82, 2.24) is 0 Å². The van der Waals surface area contributed by atoms with Crippen LogP contribution in [0, 0.1) is 11.6 Å². The first-order valence-corrected chi connectivity index (χ1v) is 7.40. The minimum Gasteiger partial charge on any atom is -0.367 e. The van der Waals surface area contributed by atoms with Gasteiger partial charge in [-0.05, 0) is 43.4 Å². The Hall–Kier alpha value is -1.16. The van der Waals surface area contributed by atoms with E-state index >= 15 is 0 Å². The lowest BCUT2D eigenvalue weighted by Gasteiger charge is -2.29. The highest BCUT2D eigenvalue weighted by atomic mass is 19.1. The molecule has 1 unspecified atom stereocenters. The SMILES string of the molecule is CCC(N)Cc1cc(F)c(N(C)C(CC)CC)c(F)c1. The molecule has 1 rings (SSSR count). The second kappa shape index (κ2) is 7.58. The summed E-state index contributed by atoms with van der Waals surface area (Å²) in [7, 11) is 1.75. The summed E-state index contributed by atoms with van der Waals surface area (Å²) in [6.07, 6.45) is 3.00. The van der Waals surface area contributed by atoms with Crippen LogP contribution in [0.5, 0.6) is 0 Å². The van der Waals surface area contributed by atoms with Gasteiger partial charge in [0.2, 0.25) is 0 Å². The van der Waals surface area contributed by atoms with Gasteiger partial charge in [-0.3, -0.25) is 0 Å². The van der Waals surface area contributed by atoms with Crippen LogP contribution >= 0.6 is 0 Å². The van der Waals surface area contributed by atoms with Crippen LogP contribution in [0.1, 0.15) is 45.6 Å². The third-order valence-corrected chi connectivity index (χ3v) is 3.94. The van der Waals surface area contributed by atoms with Gasteiger partial charge in [-0.1, -0.05) is 20.8 Å². The molecule has 0 radical (unpaired) electrons. The molecule has 0 bridgehead atoms. The van der Waals surface area contributed by atoms with Crippen molar-refractivity contribution < 1.29 is 8.78 Å². The normalized spacial score (nSPS) is 12.8. The number of anilines is 1. The molecule has 1 aromatic carbocycles. The van der Waals surface area contributed by atoms with Gasteiger partial charge in [-0.15, -0.1) is 0 Å². The van der Waals surface area contributed by atoms with Gasteiger partial charge in [0, 0.05) is 19.1 Å². The van der Waals surface area contributed by atoms with Crippen molar-refractivity contribution in [2.75, 3.05) is 11.9 Å². The van der Waals surface area contributed by atoms with Crippen molar-refractivity contribution in [1.29, 1.82) is 0 Å². The Morgan fingerprint density at radius 1 is 1.05 bits per heavy atom. The molecule has 114 valence electrons. The number of rotatable bonds is 7. The van der Waals surface area contributed by atoms with Crippen molar-refractivity contribution in [3.8, 4) is 0 Å². The topological polar surface area (TPSA) is 29.3 Å². The molecular formula is C16H26F2N2. The fourth-order valence-electron chi connectivity index (χ4n) is 2.54. The fraction of sp³-hybridized carbons (Fsp3) is 0.625. The third-order valence-electron chi connectivity index (χ3n) is 3.94. The van der Waals surface area contributed by atoms with Gasteiger partial charge in [-0.2, -0.15) is 0 Å². The van der Waals surface area contributed by atoms with E-state index in [0.717, 1.165) is 19.3 Å². The van der Waals surface area contributed by atoms with Gasteiger partial charge in [0.15, 0.2) is 0 Å². The molecule has 0 saturated heterocycles. The number of halogens is 2. The van der Waals surface area contributed by atoms with Gasteiger partial charge in [-0.25, -0.2) is 8.78 Å². The summed E-state index contributed by atoms with van der Waals surface area (Å²) < 4.78 is 28.5. The van der Waals surface area contributed by atoms with E-state index in [4.69, 9.17) is 5.73 Å². The Morgan fingerprint density at radius 2 is 1.55 bits per heavy atom. The zero-order chi connectivity index (χ0) is 15.3. The van der Waals surface area contributed by atoms with Crippen LogP contribution in [0.25, 0.3) is 0 Å². The van der Waals surface area contributed by atoms with E-state index < -0.39 is 11.6 Å². The van der Waals surface area contributed by atoms with E-state index in [1.54, 1.807) is 11.9 Å². The minimum absolute atomic E-state index is 0.0589. The number of hydrogen-bond acceptors (Lipinski definition) is 2. The van der Waals surface area contributed by atoms with E-state index in [1.807, 2.05) is 20.8 Å². The van der Waals surface area contributed by atoms with Crippen molar-refractivity contribution in [3.63, 3.8) is 0 Å². The molecule has 0 amide bonds. The first-order valence-electron chi connectivity index (χ1n) is 7.40. The van der Waals surface area contributed by atoms with Crippen LogP contribution in [0.3, 0.4) is 0 Å². The van der Waals surface area contributed by atoms with Crippen molar-refractivity contribution in [2.45, 2.75) is 58.5 Å². The van der Waals surface area contributed by atoms with E-state index in [0.29, 0.717) is 12.0 Å². The number of nitrogens with zero attached hydrogens (tertiary/aromatic N) is 1. The highest BCUT2D eigenvalue weighted by molar-refractivity contribution is 5.51. The predicted octanol–water partition coefficient (Wildman–Crippen LogP) is 3.87. The lowest BCUT2D eigenvalue weighted by atomic mass is 10.0. The molecule has 0 aliphatic heterocycles. The quantitative estimate of drug-likeness (QED) is 0.823. The zero-order valence-electron chi connectivity index (χ0n) is 12.9. The predicted molar refractivity (Wildman–Crippen MR) is 81.1 cm³/mol. The Kier molecular flexibility index (Phi) is 6.40. The van der Waals surface area contributed by atoms with Crippen LogP contribution in [0.2, 0.25) is 0 Å². The maximum atomic E-state index is 14.2. The summed E-state index contributed by atoms with van der Waals surface area (Å²) in [5, 5.41) is 0. The Bertz CT molecular complexity index is 407. The molecule has 0 aromatic heterocycles. The molecule has 0 saturated carbocycles. The summed E-state index contributed by atoms with van der Waals surface area (Å²) in [5.74, 6) is -1.00. The van der Waals surface area contributed by atoms with E-state index in [9.17, 15) is 8.78 Å². The van der Waals surface area contributed by atoms with E-state index in [2.05, 4.69) is 0 Å². The molecule has 4 heteroatoms. The molecule has 0 aliphatic rings. The standard InChI is InChI=1S/C16H26F2N2/c1-5-12(19)8-11-9-14(17)16(15(18)10-11)20(4)13(6-2)7-3/h9-10,12-13H,5-8,19H2,1-4H3. The Labute approximate surface area is 121 Å².